The number of hydrogen-bond acceptors (Lipinski definition) is 2. The van der Waals surface area contributed by atoms with Gasteiger partial charge in [0.15, 0.2) is 0 Å². The molecule has 16 heavy (non-hydrogen) atoms. The monoisotopic (exact) mass is 217 g/mol. The van der Waals surface area contributed by atoms with Gasteiger partial charge in [0.1, 0.15) is 0 Å². The van der Waals surface area contributed by atoms with Crippen LogP contribution in [-0.2, 0) is 4.74 Å². The van der Waals surface area contributed by atoms with Gasteiger partial charge in [0.2, 0.25) is 0 Å². The van der Waals surface area contributed by atoms with E-state index >= 15 is 0 Å². The summed E-state index contributed by atoms with van der Waals surface area (Å²) < 4.78 is 4.42. The third-order valence-electron chi connectivity index (χ3n) is 1.89. The Hall–Kier alpha value is -2.03. The first-order valence-corrected chi connectivity index (χ1v) is 5.03. The molecule has 0 bridgehead atoms. The normalized spacial score (nSPS) is 10.8. The standard InChI is InChI=1S/C13H15NO2/c1-16-13(15)14-11-7-3-6-10-12-8-4-2-5-9-12/h2-10H,11H2,1H3,(H,14,15)/b7-3+,10-6+. The molecule has 0 aliphatic carbocycles. The quantitative estimate of drug-likeness (QED) is 0.787. The minimum atomic E-state index is -0.420. The highest BCUT2D eigenvalue weighted by atomic mass is 16.5. The van der Waals surface area contributed by atoms with E-state index in [1.807, 2.05) is 54.6 Å². The number of carbonyl (C=O) groups is 1. The number of amides is 1. The molecule has 0 aliphatic rings. The number of rotatable bonds is 4. The van der Waals surface area contributed by atoms with Crippen molar-refractivity contribution in [3.05, 3.63) is 54.1 Å². The molecule has 0 aromatic heterocycles. The first-order chi connectivity index (χ1) is 7.83. The van der Waals surface area contributed by atoms with Gasteiger partial charge in [0, 0.05) is 6.54 Å². The maximum atomic E-state index is 10.7. The van der Waals surface area contributed by atoms with Gasteiger partial charge in [-0.3, -0.25) is 0 Å². The van der Waals surface area contributed by atoms with Gasteiger partial charge in [-0.05, 0) is 5.56 Å². The van der Waals surface area contributed by atoms with E-state index in [0.717, 1.165) is 5.56 Å². The predicted octanol–water partition coefficient (Wildman–Crippen LogP) is 2.61. The van der Waals surface area contributed by atoms with Crippen molar-refractivity contribution in [2.75, 3.05) is 13.7 Å². The Kier molecular flexibility index (Phi) is 5.48. The largest absolute Gasteiger partial charge is 0.453 e. The van der Waals surface area contributed by atoms with Crippen molar-refractivity contribution in [1.29, 1.82) is 0 Å². The lowest BCUT2D eigenvalue weighted by molar-refractivity contribution is 0.172. The van der Waals surface area contributed by atoms with Crippen LogP contribution in [0.3, 0.4) is 0 Å². The van der Waals surface area contributed by atoms with Crippen molar-refractivity contribution in [2.45, 2.75) is 0 Å². The van der Waals surface area contributed by atoms with E-state index in [0.29, 0.717) is 6.54 Å². The van der Waals surface area contributed by atoms with Crippen molar-refractivity contribution >= 4 is 12.2 Å². The number of methoxy groups -OCH3 is 1. The van der Waals surface area contributed by atoms with Gasteiger partial charge in [-0.2, -0.15) is 0 Å². The molecule has 1 amide bonds. The highest BCUT2D eigenvalue weighted by Crippen LogP contribution is 2.00. The van der Waals surface area contributed by atoms with Crippen molar-refractivity contribution in [3.63, 3.8) is 0 Å². The first-order valence-electron chi connectivity index (χ1n) is 5.03. The Morgan fingerprint density at radius 1 is 1.31 bits per heavy atom. The number of hydrogen-bond donors (Lipinski definition) is 1. The van der Waals surface area contributed by atoms with Crippen LogP contribution in [0.1, 0.15) is 5.56 Å². The highest BCUT2D eigenvalue weighted by Gasteiger charge is 1.91. The third-order valence-corrected chi connectivity index (χ3v) is 1.89. The van der Waals surface area contributed by atoms with Gasteiger partial charge >= 0.3 is 6.09 Å². The first kappa shape index (κ1) is 12.0. The lowest BCUT2D eigenvalue weighted by atomic mass is 10.2. The van der Waals surface area contributed by atoms with E-state index in [2.05, 4.69) is 10.1 Å². The molecule has 0 aliphatic heterocycles. The molecular formula is C13H15NO2. The van der Waals surface area contributed by atoms with Crippen LogP contribution in [0.5, 0.6) is 0 Å². The topological polar surface area (TPSA) is 38.3 Å². The lowest BCUT2D eigenvalue weighted by Crippen LogP contribution is -2.22. The van der Waals surface area contributed by atoms with Crippen LogP contribution < -0.4 is 5.32 Å². The zero-order chi connectivity index (χ0) is 11.6. The van der Waals surface area contributed by atoms with Crippen molar-refractivity contribution in [3.8, 4) is 0 Å². The van der Waals surface area contributed by atoms with Gasteiger partial charge in [0.25, 0.3) is 0 Å². The number of allylic oxidation sites excluding steroid dienone is 2. The molecule has 1 aromatic carbocycles. The van der Waals surface area contributed by atoms with Crippen molar-refractivity contribution in [1.82, 2.24) is 5.32 Å². The lowest BCUT2D eigenvalue weighted by Gasteiger charge is -1.97. The summed E-state index contributed by atoms with van der Waals surface area (Å²) in [5.41, 5.74) is 1.15. The second-order valence-electron chi connectivity index (χ2n) is 3.07. The number of carbonyl (C=O) groups excluding carboxylic acids is 1. The molecule has 0 heterocycles. The number of nitrogens with one attached hydrogen (secondary N) is 1. The maximum absolute atomic E-state index is 10.7. The average Bonchev–Trinajstić information content (AvgIpc) is 2.34. The molecule has 84 valence electrons. The fourth-order valence-electron chi connectivity index (χ4n) is 1.09. The smallest absolute Gasteiger partial charge is 0.407 e. The molecule has 3 nitrogen and oxygen atoms in total. The van der Waals surface area contributed by atoms with E-state index in [-0.39, 0.29) is 0 Å². The maximum Gasteiger partial charge on any atom is 0.407 e. The summed E-state index contributed by atoms with van der Waals surface area (Å²) in [5, 5.41) is 2.55. The van der Waals surface area contributed by atoms with Crippen molar-refractivity contribution < 1.29 is 9.53 Å². The molecule has 0 fully saturated rings. The van der Waals surface area contributed by atoms with Gasteiger partial charge in [-0.25, -0.2) is 4.79 Å². The van der Waals surface area contributed by atoms with Gasteiger partial charge in [-0.15, -0.1) is 0 Å². The summed E-state index contributed by atoms with van der Waals surface area (Å²) in [6, 6.07) is 10.0. The average molecular weight is 217 g/mol. The Labute approximate surface area is 95.4 Å². The van der Waals surface area contributed by atoms with Gasteiger partial charge in [-0.1, -0.05) is 54.6 Å². The van der Waals surface area contributed by atoms with E-state index in [4.69, 9.17) is 0 Å². The summed E-state index contributed by atoms with van der Waals surface area (Å²) in [6.07, 6.45) is 7.22. The van der Waals surface area contributed by atoms with Gasteiger partial charge < -0.3 is 10.1 Å². The molecule has 0 saturated heterocycles. The van der Waals surface area contributed by atoms with E-state index in [9.17, 15) is 4.79 Å². The SMILES string of the molecule is COC(=O)NC/C=C/C=C/c1ccccc1. The number of ether oxygens (including phenoxy) is 1. The Balaban J connectivity index is 2.27. The fourth-order valence-corrected chi connectivity index (χ4v) is 1.09. The molecule has 3 heteroatoms. The zero-order valence-corrected chi connectivity index (χ0v) is 9.22. The molecule has 1 aromatic rings. The molecule has 0 unspecified atom stereocenters. The molecule has 1 N–H and O–H groups in total. The molecule has 1 rings (SSSR count). The summed E-state index contributed by atoms with van der Waals surface area (Å²) in [5.74, 6) is 0. The van der Waals surface area contributed by atoms with Crippen molar-refractivity contribution in [2.24, 2.45) is 0 Å². The summed E-state index contributed by atoms with van der Waals surface area (Å²) in [6.45, 7) is 0.464. The molecule has 0 spiro atoms. The summed E-state index contributed by atoms with van der Waals surface area (Å²) >= 11 is 0. The molecule has 0 atom stereocenters. The molecular weight excluding hydrogens is 202 g/mol. The van der Waals surface area contributed by atoms with E-state index in [1.54, 1.807) is 0 Å². The van der Waals surface area contributed by atoms with Crippen LogP contribution in [0.4, 0.5) is 4.79 Å². The van der Waals surface area contributed by atoms with Crippen LogP contribution in [0, 0.1) is 0 Å². The van der Waals surface area contributed by atoms with Crippen LogP contribution in [-0.4, -0.2) is 19.7 Å². The minimum Gasteiger partial charge on any atom is -0.453 e. The third kappa shape index (κ3) is 5.00. The van der Waals surface area contributed by atoms with E-state index < -0.39 is 6.09 Å². The van der Waals surface area contributed by atoms with Crippen LogP contribution in [0.15, 0.2) is 48.6 Å². The Morgan fingerprint density at radius 3 is 2.75 bits per heavy atom. The summed E-state index contributed by atoms with van der Waals surface area (Å²) in [4.78, 5) is 10.7. The molecule has 0 radical (unpaired) electrons. The zero-order valence-electron chi connectivity index (χ0n) is 9.22. The Bertz CT molecular complexity index is 369. The second kappa shape index (κ2) is 7.29. The van der Waals surface area contributed by atoms with Crippen LogP contribution >= 0.6 is 0 Å². The van der Waals surface area contributed by atoms with Crippen LogP contribution in [0.25, 0.3) is 6.08 Å². The van der Waals surface area contributed by atoms with E-state index in [1.165, 1.54) is 7.11 Å². The summed E-state index contributed by atoms with van der Waals surface area (Å²) in [7, 11) is 1.34. The van der Waals surface area contributed by atoms with Gasteiger partial charge in [0.05, 0.1) is 7.11 Å². The minimum absolute atomic E-state index is 0.420. The van der Waals surface area contributed by atoms with Crippen LogP contribution in [0.2, 0.25) is 0 Å². The molecule has 0 saturated carbocycles. The second-order valence-corrected chi connectivity index (χ2v) is 3.07. The highest BCUT2D eigenvalue weighted by molar-refractivity contribution is 5.67. The fraction of sp³-hybridized carbons (Fsp3) is 0.154. The number of alkyl carbamates (subject to hydrolysis) is 1. The predicted molar refractivity (Wildman–Crippen MR) is 65.0 cm³/mol. The number of benzene rings is 1. The Morgan fingerprint density at radius 2 is 2.06 bits per heavy atom.